The highest BCUT2D eigenvalue weighted by Crippen LogP contribution is 2.21. The van der Waals surface area contributed by atoms with E-state index in [4.69, 9.17) is 18.0 Å². The molecule has 0 aliphatic carbocycles. The van der Waals surface area contributed by atoms with E-state index in [0.29, 0.717) is 23.6 Å². The zero-order valence-corrected chi connectivity index (χ0v) is 12.9. The van der Waals surface area contributed by atoms with Crippen molar-refractivity contribution in [2.75, 3.05) is 5.32 Å². The molecule has 1 amide bonds. The topological polar surface area (TPSA) is 55.1 Å². The van der Waals surface area contributed by atoms with Crippen LogP contribution in [0.4, 0.5) is 5.69 Å². The van der Waals surface area contributed by atoms with Gasteiger partial charge >= 0.3 is 0 Å². The van der Waals surface area contributed by atoms with Gasteiger partial charge < -0.3 is 11.1 Å². The van der Waals surface area contributed by atoms with Gasteiger partial charge in [-0.2, -0.15) is 0 Å². The second kappa shape index (κ2) is 6.85. The maximum Gasteiger partial charge on any atom is 0.224 e. The number of carbonyl (C=O) groups is 1. The van der Waals surface area contributed by atoms with Crippen molar-refractivity contribution in [3.8, 4) is 0 Å². The van der Waals surface area contributed by atoms with Crippen molar-refractivity contribution in [2.24, 2.45) is 11.7 Å². The van der Waals surface area contributed by atoms with E-state index in [1.54, 1.807) is 12.1 Å². The van der Waals surface area contributed by atoms with Crippen molar-refractivity contribution in [3.05, 3.63) is 28.2 Å². The minimum Gasteiger partial charge on any atom is -0.389 e. The van der Waals surface area contributed by atoms with E-state index in [0.717, 1.165) is 10.9 Å². The first-order chi connectivity index (χ1) is 8.43. The summed E-state index contributed by atoms with van der Waals surface area (Å²) in [5, 5.41) is 2.86. The Labute approximate surface area is 121 Å². The van der Waals surface area contributed by atoms with Gasteiger partial charge in [-0.05, 0) is 24.1 Å². The smallest absolute Gasteiger partial charge is 0.224 e. The third kappa shape index (κ3) is 4.38. The second-order valence-electron chi connectivity index (χ2n) is 4.32. The third-order valence-electron chi connectivity index (χ3n) is 2.75. The van der Waals surface area contributed by atoms with Gasteiger partial charge in [0.1, 0.15) is 4.99 Å². The van der Waals surface area contributed by atoms with Gasteiger partial charge in [0.25, 0.3) is 0 Å². The fraction of sp³-hybridized carbons (Fsp3) is 0.385. The predicted octanol–water partition coefficient (Wildman–Crippen LogP) is 3.46. The van der Waals surface area contributed by atoms with Gasteiger partial charge in [0, 0.05) is 16.5 Å². The van der Waals surface area contributed by atoms with Crippen LogP contribution in [0.1, 0.15) is 32.3 Å². The summed E-state index contributed by atoms with van der Waals surface area (Å²) >= 11 is 8.33. The summed E-state index contributed by atoms with van der Waals surface area (Å²) in [6.07, 6.45) is 1.49. The molecular weight excluding hydrogens is 312 g/mol. The van der Waals surface area contributed by atoms with E-state index >= 15 is 0 Å². The lowest BCUT2D eigenvalue weighted by atomic mass is 10.0. The number of amides is 1. The first kappa shape index (κ1) is 15.1. The van der Waals surface area contributed by atoms with Crippen molar-refractivity contribution in [2.45, 2.75) is 26.7 Å². The van der Waals surface area contributed by atoms with E-state index in [1.807, 2.05) is 6.07 Å². The van der Waals surface area contributed by atoms with Crippen LogP contribution in [0.2, 0.25) is 0 Å². The molecule has 1 unspecified atom stereocenters. The Hall–Kier alpha value is -0.940. The molecule has 18 heavy (non-hydrogen) atoms. The van der Waals surface area contributed by atoms with Crippen molar-refractivity contribution in [1.82, 2.24) is 0 Å². The van der Waals surface area contributed by atoms with Crippen molar-refractivity contribution in [3.63, 3.8) is 0 Å². The van der Waals surface area contributed by atoms with Gasteiger partial charge in [-0.15, -0.1) is 0 Å². The number of nitrogens with one attached hydrogen (secondary N) is 1. The number of thiocarbonyl (C=S) groups is 1. The Morgan fingerprint density at radius 2 is 2.22 bits per heavy atom. The molecule has 3 nitrogen and oxygen atoms in total. The predicted molar refractivity (Wildman–Crippen MR) is 82.7 cm³/mol. The minimum absolute atomic E-state index is 0.0100. The van der Waals surface area contributed by atoms with Gasteiger partial charge in [-0.3, -0.25) is 4.79 Å². The number of benzene rings is 1. The van der Waals surface area contributed by atoms with E-state index in [-0.39, 0.29) is 10.9 Å². The second-order valence-corrected chi connectivity index (χ2v) is 5.68. The van der Waals surface area contributed by atoms with Crippen LogP contribution >= 0.6 is 28.1 Å². The molecule has 1 rings (SSSR count). The highest BCUT2D eigenvalue weighted by Gasteiger charge is 2.11. The fourth-order valence-corrected chi connectivity index (χ4v) is 2.02. The standard InChI is InChI=1S/C13H17BrN2OS/c1-3-8(2)6-12(17)16-11-5-4-9(14)7-10(11)13(15)18/h4-5,7-8H,3,6H2,1-2H3,(H2,15,18)(H,16,17). The van der Waals surface area contributed by atoms with Crippen LogP contribution in [0, 0.1) is 5.92 Å². The summed E-state index contributed by atoms with van der Waals surface area (Å²) < 4.78 is 0.880. The van der Waals surface area contributed by atoms with Crippen LogP contribution in [-0.2, 0) is 4.79 Å². The monoisotopic (exact) mass is 328 g/mol. The molecule has 1 aromatic carbocycles. The third-order valence-corrected chi connectivity index (χ3v) is 3.47. The molecule has 0 aromatic heterocycles. The molecule has 1 aromatic rings. The largest absolute Gasteiger partial charge is 0.389 e. The Bertz CT molecular complexity index is 462. The number of hydrogen-bond acceptors (Lipinski definition) is 2. The lowest BCUT2D eigenvalue weighted by Gasteiger charge is -2.12. The molecule has 0 aliphatic heterocycles. The van der Waals surface area contributed by atoms with E-state index in [1.165, 1.54) is 0 Å². The number of anilines is 1. The van der Waals surface area contributed by atoms with Crippen molar-refractivity contribution < 1.29 is 4.79 Å². The molecule has 0 heterocycles. The molecule has 0 saturated heterocycles. The average Bonchev–Trinajstić information content (AvgIpc) is 2.30. The quantitative estimate of drug-likeness (QED) is 0.814. The Balaban J connectivity index is 2.84. The van der Waals surface area contributed by atoms with Crippen molar-refractivity contribution in [1.29, 1.82) is 0 Å². The number of nitrogens with two attached hydrogens (primary N) is 1. The molecule has 0 radical (unpaired) electrons. The van der Waals surface area contributed by atoms with Gasteiger partial charge in [0.15, 0.2) is 0 Å². The number of carbonyl (C=O) groups excluding carboxylic acids is 1. The van der Waals surface area contributed by atoms with Crippen LogP contribution in [0.15, 0.2) is 22.7 Å². The van der Waals surface area contributed by atoms with Gasteiger partial charge in [-0.1, -0.05) is 48.4 Å². The SMILES string of the molecule is CCC(C)CC(=O)Nc1ccc(Br)cc1C(N)=S. The van der Waals surface area contributed by atoms with Crippen molar-refractivity contribution >= 4 is 44.7 Å². The Morgan fingerprint density at radius 3 is 2.78 bits per heavy atom. The first-order valence-electron chi connectivity index (χ1n) is 5.83. The highest BCUT2D eigenvalue weighted by molar-refractivity contribution is 9.10. The summed E-state index contributed by atoms with van der Waals surface area (Å²) in [5.41, 5.74) is 6.99. The average molecular weight is 329 g/mol. The molecule has 0 fully saturated rings. The summed E-state index contributed by atoms with van der Waals surface area (Å²) in [6, 6.07) is 5.45. The molecule has 0 spiro atoms. The van der Waals surface area contributed by atoms with E-state index in [9.17, 15) is 4.79 Å². The van der Waals surface area contributed by atoms with Crippen LogP contribution in [0.25, 0.3) is 0 Å². The van der Waals surface area contributed by atoms with Gasteiger partial charge in [0.2, 0.25) is 5.91 Å². The maximum atomic E-state index is 11.8. The highest BCUT2D eigenvalue weighted by atomic mass is 79.9. The zero-order valence-electron chi connectivity index (χ0n) is 10.5. The van der Waals surface area contributed by atoms with Gasteiger partial charge in [0.05, 0.1) is 5.69 Å². The van der Waals surface area contributed by atoms with E-state index < -0.39 is 0 Å². The first-order valence-corrected chi connectivity index (χ1v) is 7.03. The minimum atomic E-state index is -0.0100. The van der Waals surface area contributed by atoms with Crippen LogP contribution in [0.5, 0.6) is 0 Å². The van der Waals surface area contributed by atoms with E-state index in [2.05, 4.69) is 35.1 Å². The van der Waals surface area contributed by atoms with Crippen LogP contribution in [-0.4, -0.2) is 10.9 Å². The summed E-state index contributed by atoms with van der Waals surface area (Å²) in [7, 11) is 0. The normalized spacial score (nSPS) is 11.9. The molecule has 3 N–H and O–H groups in total. The molecular formula is C13H17BrN2OS. The Morgan fingerprint density at radius 1 is 1.56 bits per heavy atom. The molecule has 98 valence electrons. The molecule has 5 heteroatoms. The molecule has 1 atom stereocenters. The lowest BCUT2D eigenvalue weighted by Crippen LogP contribution is -2.19. The maximum absolute atomic E-state index is 11.8. The lowest BCUT2D eigenvalue weighted by molar-refractivity contribution is -0.117. The zero-order chi connectivity index (χ0) is 13.7. The number of hydrogen-bond donors (Lipinski definition) is 2. The van der Waals surface area contributed by atoms with Crippen LogP contribution < -0.4 is 11.1 Å². The number of halogens is 1. The number of rotatable bonds is 5. The summed E-state index contributed by atoms with van der Waals surface area (Å²) in [4.78, 5) is 12.1. The molecule has 0 aliphatic rings. The summed E-state index contributed by atoms with van der Waals surface area (Å²) in [6.45, 7) is 4.12. The van der Waals surface area contributed by atoms with Crippen LogP contribution in [0.3, 0.4) is 0 Å². The van der Waals surface area contributed by atoms with Gasteiger partial charge in [-0.25, -0.2) is 0 Å². The Kier molecular flexibility index (Phi) is 5.75. The molecule has 0 saturated carbocycles. The summed E-state index contributed by atoms with van der Waals surface area (Å²) in [5.74, 6) is 0.359. The fourth-order valence-electron chi connectivity index (χ4n) is 1.49. The molecule has 0 bridgehead atoms.